The second-order valence-corrected chi connectivity index (χ2v) is 7.23. The Morgan fingerprint density at radius 2 is 2.18 bits per heavy atom. The summed E-state index contributed by atoms with van der Waals surface area (Å²) in [7, 11) is 0. The third-order valence-electron chi connectivity index (χ3n) is 3.84. The van der Waals surface area contributed by atoms with Crippen LogP contribution in [0.1, 0.15) is 37.6 Å². The number of thioether (sulfide) groups is 1. The van der Waals surface area contributed by atoms with Gasteiger partial charge in [0.05, 0.1) is 0 Å². The summed E-state index contributed by atoms with van der Waals surface area (Å²) in [4.78, 5) is 26.1. The van der Waals surface area contributed by atoms with Crippen LogP contribution in [0.25, 0.3) is 0 Å². The molecule has 0 radical (unpaired) electrons. The molecule has 120 valence electrons. The fourth-order valence-corrected chi connectivity index (χ4v) is 3.72. The predicted molar refractivity (Wildman–Crippen MR) is 92.4 cm³/mol. The fourth-order valence-electron chi connectivity index (χ4n) is 2.43. The molecule has 1 unspecified atom stereocenters. The minimum atomic E-state index is -0.0427. The topological polar surface area (TPSA) is 49.4 Å². The van der Waals surface area contributed by atoms with Crippen LogP contribution in [0.4, 0.5) is 5.69 Å². The molecule has 0 spiro atoms. The zero-order chi connectivity index (χ0) is 16.1. The van der Waals surface area contributed by atoms with Gasteiger partial charge in [-0.1, -0.05) is 26.8 Å². The molecule has 1 saturated heterocycles. The Morgan fingerprint density at radius 3 is 2.86 bits per heavy atom. The van der Waals surface area contributed by atoms with E-state index in [9.17, 15) is 9.59 Å². The molecule has 2 rings (SSSR count). The van der Waals surface area contributed by atoms with Crippen molar-refractivity contribution in [3.05, 3.63) is 29.8 Å². The number of carbonyl (C=O) groups is 2. The first kappa shape index (κ1) is 16.9. The van der Waals surface area contributed by atoms with E-state index in [1.807, 2.05) is 41.8 Å². The Hall–Kier alpha value is -1.49. The minimum absolute atomic E-state index is 0.0427. The predicted octanol–water partition coefficient (Wildman–Crippen LogP) is 3.25. The quantitative estimate of drug-likeness (QED) is 0.926. The minimum Gasteiger partial charge on any atom is -0.337 e. The summed E-state index contributed by atoms with van der Waals surface area (Å²) in [6.07, 6.45) is 0.428. The number of hydrogen-bond acceptors (Lipinski definition) is 3. The van der Waals surface area contributed by atoms with Crippen molar-refractivity contribution in [2.24, 2.45) is 5.92 Å². The number of benzene rings is 1. The Bertz CT molecular complexity index is 545. The fraction of sp³-hybridized carbons (Fsp3) is 0.529. The molecule has 1 N–H and O–H groups in total. The third-order valence-corrected chi connectivity index (χ3v) is 5.38. The van der Waals surface area contributed by atoms with E-state index < -0.39 is 0 Å². The van der Waals surface area contributed by atoms with Gasteiger partial charge in [-0.3, -0.25) is 9.59 Å². The Balaban J connectivity index is 2.08. The highest BCUT2D eigenvalue weighted by Gasteiger charge is 2.26. The van der Waals surface area contributed by atoms with Crippen molar-refractivity contribution in [3.63, 3.8) is 0 Å². The molecule has 0 bridgehead atoms. The van der Waals surface area contributed by atoms with E-state index in [2.05, 4.69) is 19.2 Å². The average molecular weight is 320 g/mol. The van der Waals surface area contributed by atoms with Gasteiger partial charge in [-0.05, 0) is 24.1 Å². The van der Waals surface area contributed by atoms with Crippen molar-refractivity contribution in [1.29, 1.82) is 0 Å². The highest BCUT2D eigenvalue weighted by atomic mass is 32.2. The smallest absolute Gasteiger partial charge is 0.253 e. The number of nitrogens with zero attached hydrogens (tertiary/aromatic N) is 1. The molecule has 1 aliphatic rings. The molecule has 4 nitrogen and oxygen atoms in total. The van der Waals surface area contributed by atoms with Gasteiger partial charge in [-0.15, -0.1) is 0 Å². The molecule has 0 aliphatic carbocycles. The second-order valence-electron chi connectivity index (χ2n) is 5.89. The van der Waals surface area contributed by atoms with Gasteiger partial charge in [-0.25, -0.2) is 0 Å². The van der Waals surface area contributed by atoms with Crippen LogP contribution in [0, 0.1) is 5.92 Å². The maximum absolute atomic E-state index is 12.7. The molecule has 1 aromatic rings. The van der Waals surface area contributed by atoms with Gasteiger partial charge in [0.15, 0.2) is 0 Å². The van der Waals surface area contributed by atoms with E-state index in [0.29, 0.717) is 28.8 Å². The molecule has 1 aromatic carbocycles. The van der Waals surface area contributed by atoms with Crippen molar-refractivity contribution >= 4 is 29.3 Å². The lowest BCUT2D eigenvalue weighted by molar-refractivity contribution is -0.115. The van der Waals surface area contributed by atoms with Crippen molar-refractivity contribution in [1.82, 2.24) is 4.90 Å². The summed E-state index contributed by atoms with van der Waals surface area (Å²) >= 11 is 1.95. The molecule has 22 heavy (non-hydrogen) atoms. The Kier molecular flexibility index (Phi) is 5.89. The monoisotopic (exact) mass is 320 g/mol. The first-order chi connectivity index (χ1) is 10.5. The maximum atomic E-state index is 12.7. The zero-order valence-electron chi connectivity index (χ0n) is 13.5. The van der Waals surface area contributed by atoms with E-state index in [4.69, 9.17) is 0 Å². The average Bonchev–Trinajstić information content (AvgIpc) is 2.54. The molecule has 1 aliphatic heterocycles. The maximum Gasteiger partial charge on any atom is 0.253 e. The van der Waals surface area contributed by atoms with Crippen LogP contribution in [-0.4, -0.2) is 40.8 Å². The molecule has 0 aromatic heterocycles. The van der Waals surface area contributed by atoms with Crippen LogP contribution in [-0.2, 0) is 4.79 Å². The number of carbonyl (C=O) groups excluding carboxylic acids is 2. The van der Waals surface area contributed by atoms with Crippen molar-refractivity contribution in [3.8, 4) is 0 Å². The van der Waals surface area contributed by atoms with Gasteiger partial charge >= 0.3 is 0 Å². The number of rotatable bonds is 4. The van der Waals surface area contributed by atoms with Gasteiger partial charge < -0.3 is 10.2 Å². The Labute approximate surface area is 136 Å². The third kappa shape index (κ3) is 4.26. The summed E-state index contributed by atoms with van der Waals surface area (Å²) in [6.45, 7) is 7.80. The van der Waals surface area contributed by atoms with Crippen LogP contribution in [0.15, 0.2) is 24.3 Å². The molecular weight excluding hydrogens is 296 g/mol. The van der Waals surface area contributed by atoms with Crippen molar-refractivity contribution in [2.75, 3.05) is 24.2 Å². The van der Waals surface area contributed by atoms with Gasteiger partial charge in [0.25, 0.3) is 5.91 Å². The Morgan fingerprint density at radius 1 is 1.41 bits per heavy atom. The van der Waals surface area contributed by atoms with Crippen molar-refractivity contribution < 1.29 is 9.59 Å². The molecule has 0 saturated carbocycles. The molecule has 1 fully saturated rings. The van der Waals surface area contributed by atoms with E-state index >= 15 is 0 Å². The van der Waals surface area contributed by atoms with Crippen LogP contribution in [0.2, 0.25) is 0 Å². The lowest BCUT2D eigenvalue weighted by atomic mass is 10.1. The lowest BCUT2D eigenvalue weighted by Gasteiger charge is -2.34. The first-order valence-corrected chi connectivity index (χ1v) is 8.87. The van der Waals surface area contributed by atoms with Crippen LogP contribution >= 0.6 is 11.8 Å². The molecular formula is C17H24N2O2S. The summed E-state index contributed by atoms with van der Waals surface area (Å²) in [6, 6.07) is 7.21. The van der Waals surface area contributed by atoms with E-state index in [0.717, 1.165) is 18.8 Å². The van der Waals surface area contributed by atoms with Gasteiger partial charge in [-0.2, -0.15) is 11.8 Å². The van der Waals surface area contributed by atoms with E-state index in [-0.39, 0.29) is 11.8 Å². The number of nitrogens with one attached hydrogen (secondary N) is 1. The van der Waals surface area contributed by atoms with Crippen LogP contribution in [0.3, 0.4) is 0 Å². The van der Waals surface area contributed by atoms with Gasteiger partial charge in [0.1, 0.15) is 0 Å². The molecule has 1 atom stereocenters. The lowest BCUT2D eigenvalue weighted by Crippen LogP contribution is -2.43. The molecule has 5 heteroatoms. The zero-order valence-corrected chi connectivity index (χ0v) is 14.3. The van der Waals surface area contributed by atoms with Crippen LogP contribution < -0.4 is 5.32 Å². The SMILES string of the molecule is CCC(=O)Nc1cccc(C(=O)N2CCSC(C(C)C)C2)c1. The van der Waals surface area contributed by atoms with Gasteiger partial charge in [0.2, 0.25) is 5.91 Å². The van der Waals surface area contributed by atoms with E-state index in [1.165, 1.54) is 0 Å². The summed E-state index contributed by atoms with van der Waals surface area (Å²) in [5.74, 6) is 1.56. The first-order valence-electron chi connectivity index (χ1n) is 7.82. The number of anilines is 1. The largest absolute Gasteiger partial charge is 0.337 e. The number of hydrogen-bond donors (Lipinski definition) is 1. The van der Waals surface area contributed by atoms with Crippen molar-refractivity contribution in [2.45, 2.75) is 32.4 Å². The summed E-state index contributed by atoms with van der Waals surface area (Å²) < 4.78 is 0. The summed E-state index contributed by atoms with van der Waals surface area (Å²) in [5.41, 5.74) is 1.33. The molecule has 1 heterocycles. The van der Waals surface area contributed by atoms with Gasteiger partial charge in [0, 0.05) is 41.8 Å². The van der Waals surface area contributed by atoms with E-state index in [1.54, 1.807) is 6.07 Å². The highest BCUT2D eigenvalue weighted by Crippen LogP contribution is 2.26. The normalized spacial score (nSPS) is 18.4. The van der Waals surface area contributed by atoms with Crippen LogP contribution in [0.5, 0.6) is 0 Å². The summed E-state index contributed by atoms with van der Waals surface area (Å²) in [5, 5.41) is 3.30. The standard InChI is InChI=1S/C17H24N2O2S/c1-4-16(20)18-14-7-5-6-13(10-14)17(21)19-8-9-22-15(11-19)12(2)3/h5-7,10,12,15H,4,8-9,11H2,1-3H3,(H,18,20). The highest BCUT2D eigenvalue weighted by molar-refractivity contribution is 8.00. The molecule has 2 amide bonds. The number of amides is 2. The second kappa shape index (κ2) is 7.68.